The van der Waals surface area contributed by atoms with Crippen LogP contribution in [0.5, 0.6) is 0 Å². The largest absolute Gasteiger partial charge is 0.356 e. The number of carbonyl (C=O) groups excluding carboxylic acids is 1. The van der Waals surface area contributed by atoms with Crippen molar-refractivity contribution in [2.45, 2.75) is 36.9 Å². The number of halogens is 1. The highest BCUT2D eigenvalue weighted by Crippen LogP contribution is 2.29. The molecule has 1 fully saturated rings. The van der Waals surface area contributed by atoms with E-state index < -0.39 is 0 Å². The van der Waals surface area contributed by atoms with Gasteiger partial charge in [0, 0.05) is 16.8 Å². The van der Waals surface area contributed by atoms with Crippen molar-refractivity contribution in [3.63, 3.8) is 0 Å². The van der Waals surface area contributed by atoms with Crippen LogP contribution in [0, 0.1) is 5.92 Å². The fourth-order valence-electron chi connectivity index (χ4n) is 2.92. The number of rotatable bonds is 4. The first-order chi connectivity index (χ1) is 10.2. The predicted octanol–water partition coefficient (Wildman–Crippen LogP) is 3.44. The number of alkyl halides is 1. The Balaban J connectivity index is 1.56. The molecule has 5 heteroatoms. The van der Waals surface area contributed by atoms with Crippen LogP contribution in [0.1, 0.15) is 31.4 Å². The van der Waals surface area contributed by atoms with Gasteiger partial charge in [-0.25, -0.2) is 0 Å². The molecule has 0 saturated heterocycles. The first kappa shape index (κ1) is 14.6. The van der Waals surface area contributed by atoms with Crippen LogP contribution < -0.4 is 5.32 Å². The standard InChI is InChI=1S/C16H19BrN2O2/c17-13-7-3-1-5-11(13)10-18-16(20)9-14-12-6-2-4-8-15(12)21-19-14/h2,4,6,8,11,13H,1,3,5,7,9-10H2,(H,18,20). The number of nitrogens with one attached hydrogen (secondary N) is 1. The van der Waals surface area contributed by atoms with Gasteiger partial charge >= 0.3 is 0 Å². The Kier molecular flexibility index (Phi) is 4.58. The van der Waals surface area contributed by atoms with E-state index >= 15 is 0 Å². The maximum Gasteiger partial charge on any atom is 0.226 e. The minimum atomic E-state index is 0.0133. The first-order valence-electron chi connectivity index (χ1n) is 7.48. The summed E-state index contributed by atoms with van der Waals surface area (Å²) < 4.78 is 5.22. The van der Waals surface area contributed by atoms with E-state index in [2.05, 4.69) is 26.4 Å². The zero-order valence-corrected chi connectivity index (χ0v) is 13.4. The number of aromatic nitrogens is 1. The molecule has 1 saturated carbocycles. The SMILES string of the molecule is O=C(Cc1noc2ccccc12)NCC1CCCCC1Br. The third-order valence-electron chi connectivity index (χ3n) is 4.16. The van der Waals surface area contributed by atoms with Crippen LogP contribution in [-0.2, 0) is 11.2 Å². The van der Waals surface area contributed by atoms with E-state index in [0.717, 1.165) is 17.5 Å². The highest BCUT2D eigenvalue weighted by molar-refractivity contribution is 9.09. The highest BCUT2D eigenvalue weighted by atomic mass is 79.9. The van der Waals surface area contributed by atoms with E-state index in [9.17, 15) is 4.79 Å². The summed E-state index contributed by atoms with van der Waals surface area (Å²) in [6.07, 6.45) is 5.20. The average Bonchev–Trinajstić information content (AvgIpc) is 2.90. The van der Waals surface area contributed by atoms with Gasteiger partial charge in [0.05, 0.1) is 6.42 Å². The van der Waals surface area contributed by atoms with E-state index in [4.69, 9.17) is 4.52 Å². The average molecular weight is 351 g/mol. The Bertz CT molecular complexity index is 626. The monoisotopic (exact) mass is 350 g/mol. The summed E-state index contributed by atoms with van der Waals surface area (Å²) in [4.78, 5) is 12.6. The second-order valence-electron chi connectivity index (χ2n) is 5.67. The zero-order valence-electron chi connectivity index (χ0n) is 11.8. The van der Waals surface area contributed by atoms with Crippen molar-refractivity contribution in [2.24, 2.45) is 5.92 Å². The summed E-state index contributed by atoms with van der Waals surface area (Å²) in [6, 6.07) is 7.63. The van der Waals surface area contributed by atoms with Gasteiger partial charge in [-0.3, -0.25) is 4.79 Å². The molecule has 1 heterocycles. The lowest BCUT2D eigenvalue weighted by Crippen LogP contribution is -2.35. The van der Waals surface area contributed by atoms with Crippen LogP contribution in [0.2, 0.25) is 0 Å². The van der Waals surface area contributed by atoms with Crippen LogP contribution >= 0.6 is 15.9 Å². The fraction of sp³-hybridized carbons (Fsp3) is 0.500. The maximum absolute atomic E-state index is 12.1. The van der Waals surface area contributed by atoms with Crippen molar-refractivity contribution in [1.82, 2.24) is 10.5 Å². The lowest BCUT2D eigenvalue weighted by Gasteiger charge is -2.27. The molecule has 0 radical (unpaired) electrons. The number of carbonyl (C=O) groups is 1. The molecule has 2 atom stereocenters. The molecule has 112 valence electrons. The predicted molar refractivity (Wildman–Crippen MR) is 85.4 cm³/mol. The summed E-state index contributed by atoms with van der Waals surface area (Å²) in [5.74, 6) is 0.552. The number of hydrogen-bond donors (Lipinski definition) is 1. The van der Waals surface area contributed by atoms with Crippen molar-refractivity contribution >= 4 is 32.8 Å². The van der Waals surface area contributed by atoms with Gasteiger partial charge in [-0.15, -0.1) is 0 Å². The molecule has 21 heavy (non-hydrogen) atoms. The molecule has 0 aliphatic heterocycles. The van der Waals surface area contributed by atoms with E-state index in [1.807, 2.05) is 24.3 Å². The van der Waals surface area contributed by atoms with Gasteiger partial charge in [0.2, 0.25) is 5.91 Å². The highest BCUT2D eigenvalue weighted by Gasteiger charge is 2.23. The number of hydrogen-bond acceptors (Lipinski definition) is 3. The van der Waals surface area contributed by atoms with Gasteiger partial charge in [-0.05, 0) is 30.9 Å². The molecule has 1 amide bonds. The minimum absolute atomic E-state index is 0.0133. The molecular formula is C16H19BrN2O2. The normalized spacial score (nSPS) is 22.3. The van der Waals surface area contributed by atoms with Crippen molar-refractivity contribution in [1.29, 1.82) is 0 Å². The number of fused-ring (bicyclic) bond motifs is 1. The Morgan fingerprint density at radius 2 is 2.14 bits per heavy atom. The van der Waals surface area contributed by atoms with E-state index in [-0.39, 0.29) is 12.3 Å². The lowest BCUT2D eigenvalue weighted by molar-refractivity contribution is -0.120. The first-order valence-corrected chi connectivity index (χ1v) is 8.39. The molecule has 0 spiro atoms. The second kappa shape index (κ2) is 6.60. The van der Waals surface area contributed by atoms with Crippen molar-refractivity contribution < 1.29 is 9.32 Å². The topological polar surface area (TPSA) is 55.1 Å². The molecule has 0 bridgehead atoms. The van der Waals surface area contributed by atoms with Crippen LogP contribution in [0.3, 0.4) is 0 Å². The van der Waals surface area contributed by atoms with Crippen LogP contribution in [0.25, 0.3) is 11.0 Å². The smallest absolute Gasteiger partial charge is 0.226 e. The Morgan fingerprint density at radius 1 is 1.33 bits per heavy atom. The zero-order chi connectivity index (χ0) is 14.7. The number of amides is 1. The summed E-state index contributed by atoms with van der Waals surface area (Å²) in [5, 5.41) is 7.96. The molecule has 1 aromatic carbocycles. The Morgan fingerprint density at radius 3 is 3.00 bits per heavy atom. The van der Waals surface area contributed by atoms with Gasteiger partial charge in [0.1, 0.15) is 5.69 Å². The molecule has 1 N–H and O–H groups in total. The molecule has 2 unspecified atom stereocenters. The van der Waals surface area contributed by atoms with Gasteiger partial charge < -0.3 is 9.84 Å². The third kappa shape index (κ3) is 3.46. The van der Waals surface area contributed by atoms with Crippen LogP contribution in [0.15, 0.2) is 28.8 Å². The second-order valence-corrected chi connectivity index (χ2v) is 6.84. The maximum atomic E-state index is 12.1. The van der Waals surface area contributed by atoms with Gasteiger partial charge in [-0.2, -0.15) is 0 Å². The van der Waals surface area contributed by atoms with E-state index in [0.29, 0.717) is 16.4 Å². The molecule has 2 aromatic rings. The van der Waals surface area contributed by atoms with Crippen molar-refractivity contribution in [3.05, 3.63) is 30.0 Å². The summed E-state index contributed by atoms with van der Waals surface area (Å²) in [6.45, 7) is 0.741. The quantitative estimate of drug-likeness (QED) is 0.859. The number of para-hydroxylation sites is 1. The number of benzene rings is 1. The van der Waals surface area contributed by atoms with E-state index in [1.54, 1.807) is 0 Å². The van der Waals surface area contributed by atoms with Gasteiger partial charge in [0.25, 0.3) is 0 Å². The summed E-state index contributed by atoms with van der Waals surface area (Å²) in [7, 11) is 0. The summed E-state index contributed by atoms with van der Waals surface area (Å²) >= 11 is 3.72. The van der Waals surface area contributed by atoms with Crippen molar-refractivity contribution in [2.75, 3.05) is 6.54 Å². The Labute approximate surface area is 132 Å². The molecular weight excluding hydrogens is 332 g/mol. The molecule has 1 aromatic heterocycles. The molecule has 1 aliphatic carbocycles. The lowest BCUT2D eigenvalue weighted by atomic mass is 9.89. The van der Waals surface area contributed by atoms with Crippen molar-refractivity contribution in [3.8, 4) is 0 Å². The molecule has 3 rings (SSSR count). The van der Waals surface area contributed by atoms with E-state index in [1.165, 1.54) is 25.7 Å². The van der Waals surface area contributed by atoms with Gasteiger partial charge in [0.15, 0.2) is 5.58 Å². The van der Waals surface area contributed by atoms with Crippen LogP contribution in [-0.4, -0.2) is 22.4 Å². The minimum Gasteiger partial charge on any atom is -0.356 e. The van der Waals surface area contributed by atoms with Gasteiger partial charge in [-0.1, -0.05) is 46.1 Å². The molecule has 4 nitrogen and oxygen atoms in total. The third-order valence-corrected chi connectivity index (χ3v) is 5.36. The molecule has 1 aliphatic rings. The van der Waals surface area contributed by atoms with Crippen LogP contribution in [0.4, 0.5) is 0 Å². The fourth-order valence-corrected chi connectivity index (χ4v) is 3.69. The summed E-state index contributed by atoms with van der Waals surface area (Å²) in [5.41, 5.74) is 1.44. The number of nitrogens with zero attached hydrogens (tertiary/aromatic N) is 1. The Hall–Kier alpha value is -1.36.